The van der Waals surface area contributed by atoms with E-state index in [9.17, 15) is 27.9 Å². The van der Waals surface area contributed by atoms with Gasteiger partial charge < -0.3 is 14.6 Å². The number of ether oxygens (including phenoxy) is 1. The first-order valence-electron chi connectivity index (χ1n) is 5.23. The van der Waals surface area contributed by atoms with Crippen LogP contribution >= 0.6 is 0 Å². The summed E-state index contributed by atoms with van der Waals surface area (Å²) in [6.07, 6.45) is -7.06. The zero-order valence-corrected chi connectivity index (χ0v) is 9.81. The average Bonchev–Trinajstić information content (AvgIpc) is 2.26. The minimum absolute atomic E-state index is 0.0655. The number of hydrogen-bond acceptors (Lipinski definition) is 4. The molecule has 0 N–H and O–H groups in total. The van der Waals surface area contributed by atoms with E-state index in [1.54, 1.807) is 0 Å². The van der Waals surface area contributed by atoms with Gasteiger partial charge >= 0.3 is 12.1 Å². The largest absolute Gasteiger partial charge is 0.549 e. The topological polar surface area (TPSA) is 66.4 Å². The fourth-order valence-electron chi connectivity index (χ4n) is 1.58. The van der Waals surface area contributed by atoms with Gasteiger partial charge in [0, 0.05) is 6.92 Å². The van der Waals surface area contributed by atoms with Gasteiger partial charge in [0.15, 0.2) is 0 Å². The summed E-state index contributed by atoms with van der Waals surface area (Å²) in [6, 6.07) is 6.85. The number of carboxylic acids is 1. The van der Waals surface area contributed by atoms with Crippen molar-refractivity contribution >= 4 is 11.9 Å². The molecule has 0 aromatic heterocycles. The summed E-state index contributed by atoms with van der Waals surface area (Å²) in [7, 11) is 0. The fourth-order valence-corrected chi connectivity index (χ4v) is 1.58. The SMILES string of the molecule is CC(=O)OC(c1ccccc1)C(C(=O)[O-])C(F)(F)F. The molecule has 0 saturated carbocycles. The Morgan fingerprint density at radius 2 is 1.74 bits per heavy atom. The molecule has 0 aliphatic carbocycles. The lowest BCUT2D eigenvalue weighted by Crippen LogP contribution is -2.45. The minimum atomic E-state index is -5.09. The zero-order chi connectivity index (χ0) is 14.6. The molecule has 1 aromatic carbocycles. The molecular formula is C12H10F3O4-. The lowest BCUT2D eigenvalue weighted by Gasteiger charge is -2.29. The zero-order valence-electron chi connectivity index (χ0n) is 9.81. The van der Waals surface area contributed by atoms with Crippen molar-refractivity contribution in [3.05, 3.63) is 35.9 Å². The van der Waals surface area contributed by atoms with E-state index in [0.29, 0.717) is 0 Å². The predicted octanol–water partition coefficient (Wildman–Crippen LogP) is 1.22. The Hall–Kier alpha value is -2.05. The summed E-state index contributed by atoms with van der Waals surface area (Å²) in [6.45, 7) is 0.901. The van der Waals surface area contributed by atoms with Crippen LogP contribution in [0.25, 0.3) is 0 Å². The van der Waals surface area contributed by atoms with Crippen LogP contribution in [0.4, 0.5) is 13.2 Å². The van der Waals surface area contributed by atoms with Gasteiger partial charge in [-0.2, -0.15) is 13.2 Å². The van der Waals surface area contributed by atoms with Gasteiger partial charge in [-0.25, -0.2) is 0 Å². The van der Waals surface area contributed by atoms with Crippen LogP contribution in [0, 0.1) is 5.92 Å². The van der Waals surface area contributed by atoms with Gasteiger partial charge in [-0.3, -0.25) is 4.79 Å². The van der Waals surface area contributed by atoms with E-state index in [1.165, 1.54) is 30.3 Å². The number of carbonyl (C=O) groups is 2. The molecule has 1 aromatic rings. The highest BCUT2D eigenvalue weighted by Gasteiger charge is 2.48. The molecule has 0 radical (unpaired) electrons. The first-order valence-corrected chi connectivity index (χ1v) is 5.23. The molecule has 19 heavy (non-hydrogen) atoms. The van der Waals surface area contributed by atoms with Crippen molar-refractivity contribution in [3.8, 4) is 0 Å². The summed E-state index contributed by atoms with van der Waals surface area (Å²) in [5.74, 6) is -6.27. The van der Waals surface area contributed by atoms with Crippen molar-refractivity contribution in [2.24, 2.45) is 5.92 Å². The first-order chi connectivity index (χ1) is 8.73. The second kappa shape index (κ2) is 5.73. The molecule has 0 fully saturated rings. The number of alkyl halides is 3. The molecule has 0 amide bonds. The molecule has 2 unspecified atom stereocenters. The van der Waals surface area contributed by atoms with Gasteiger partial charge in [0.1, 0.15) is 12.0 Å². The summed E-state index contributed by atoms with van der Waals surface area (Å²) in [5, 5.41) is 10.7. The highest BCUT2D eigenvalue weighted by molar-refractivity contribution is 5.72. The maximum Gasteiger partial charge on any atom is 0.400 e. The van der Waals surface area contributed by atoms with Crippen molar-refractivity contribution in [1.29, 1.82) is 0 Å². The first kappa shape index (κ1) is 15.0. The van der Waals surface area contributed by atoms with Crippen LogP contribution in [0.3, 0.4) is 0 Å². The summed E-state index contributed by atoms with van der Waals surface area (Å²) >= 11 is 0. The standard InChI is InChI=1S/C12H11F3O4/c1-7(16)19-10(8-5-3-2-4-6-8)9(11(17)18)12(13,14)15/h2-6,9-10H,1H3,(H,17,18)/p-1. The third-order valence-corrected chi connectivity index (χ3v) is 2.33. The average molecular weight is 275 g/mol. The van der Waals surface area contributed by atoms with Crippen LogP contribution in [-0.2, 0) is 14.3 Å². The van der Waals surface area contributed by atoms with E-state index in [2.05, 4.69) is 4.74 Å². The van der Waals surface area contributed by atoms with Crippen LogP contribution in [0.2, 0.25) is 0 Å². The van der Waals surface area contributed by atoms with Gasteiger partial charge in [-0.15, -0.1) is 0 Å². The Morgan fingerprint density at radius 1 is 1.21 bits per heavy atom. The Labute approximate surface area is 106 Å². The van der Waals surface area contributed by atoms with E-state index in [-0.39, 0.29) is 5.56 Å². The van der Waals surface area contributed by atoms with E-state index in [4.69, 9.17) is 0 Å². The summed E-state index contributed by atoms with van der Waals surface area (Å²) in [4.78, 5) is 21.6. The van der Waals surface area contributed by atoms with Crippen molar-refractivity contribution in [3.63, 3.8) is 0 Å². The molecule has 4 nitrogen and oxygen atoms in total. The Bertz CT molecular complexity index is 456. The van der Waals surface area contributed by atoms with Gasteiger partial charge in [-0.1, -0.05) is 30.3 Å². The van der Waals surface area contributed by atoms with E-state index in [1.807, 2.05) is 0 Å². The quantitative estimate of drug-likeness (QED) is 0.775. The van der Waals surface area contributed by atoms with Crippen LogP contribution in [-0.4, -0.2) is 18.1 Å². The number of rotatable bonds is 4. The fraction of sp³-hybridized carbons (Fsp3) is 0.333. The molecule has 104 valence electrons. The van der Waals surface area contributed by atoms with Crippen LogP contribution in [0.1, 0.15) is 18.6 Å². The van der Waals surface area contributed by atoms with E-state index in [0.717, 1.165) is 6.92 Å². The third kappa shape index (κ3) is 3.97. The molecule has 0 heterocycles. The highest BCUT2D eigenvalue weighted by Crippen LogP contribution is 2.38. The number of halogens is 3. The van der Waals surface area contributed by atoms with Gasteiger partial charge in [0.2, 0.25) is 0 Å². The monoisotopic (exact) mass is 275 g/mol. The maximum absolute atomic E-state index is 12.7. The van der Waals surface area contributed by atoms with Crippen molar-refractivity contribution in [1.82, 2.24) is 0 Å². The van der Waals surface area contributed by atoms with Gasteiger partial charge in [-0.05, 0) is 5.56 Å². The third-order valence-electron chi connectivity index (χ3n) is 2.33. The molecule has 2 atom stereocenters. The van der Waals surface area contributed by atoms with Crippen molar-refractivity contribution in [2.75, 3.05) is 0 Å². The van der Waals surface area contributed by atoms with Crippen LogP contribution in [0.5, 0.6) is 0 Å². The van der Waals surface area contributed by atoms with Crippen LogP contribution < -0.4 is 5.11 Å². The Kier molecular flexibility index (Phi) is 4.52. The molecular weight excluding hydrogens is 265 g/mol. The second-order valence-electron chi connectivity index (χ2n) is 3.78. The van der Waals surface area contributed by atoms with E-state index >= 15 is 0 Å². The molecule has 7 heteroatoms. The van der Waals surface area contributed by atoms with Crippen molar-refractivity contribution in [2.45, 2.75) is 19.2 Å². The number of carboxylic acid groups (broad SMARTS) is 1. The van der Waals surface area contributed by atoms with Crippen molar-refractivity contribution < 1.29 is 32.6 Å². The summed E-state index contributed by atoms with van der Waals surface area (Å²) in [5.41, 5.74) is -0.0655. The molecule has 0 saturated heterocycles. The number of esters is 1. The number of carbonyl (C=O) groups excluding carboxylic acids is 2. The Balaban J connectivity index is 3.22. The second-order valence-corrected chi connectivity index (χ2v) is 3.78. The maximum atomic E-state index is 12.7. The molecule has 1 rings (SSSR count). The molecule has 0 aliphatic heterocycles. The lowest BCUT2D eigenvalue weighted by molar-refractivity contribution is -0.332. The number of hydrogen-bond donors (Lipinski definition) is 0. The predicted molar refractivity (Wildman–Crippen MR) is 55.5 cm³/mol. The summed E-state index contributed by atoms with van der Waals surface area (Å²) < 4.78 is 42.7. The molecule has 0 spiro atoms. The smallest absolute Gasteiger partial charge is 0.400 e. The van der Waals surface area contributed by atoms with Crippen LogP contribution in [0.15, 0.2) is 30.3 Å². The van der Waals surface area contributed by atoms with Gasteiger partial charge in [0.25, 0.3) is 0 Å². The van der Waals surface area contributed by atoms with E-state index < -0.39 is 30.1 Å². The number of benzene rings is 1. The minimum Gasteiger partial charge on any atom is -0.549 e. The Morgan fingerprint density at radius 3 is 2.11 bits per heavy atom. The number of aliphatic carboxylic acids is 1. The lowest BCUT2D eigenvalue weighted by atomic mass is 9.95. The molecule has 0 aliphatic rings. The van der Waals surface area contributed by atoms with Gasteiger partial charge in [0.05, 0.1) is 5.97 Å². The normalized spacial score (nSPS) is 14.5. The highest BCUT2D eigenvalue weighted by atomic mass is 19.4. The molecule has 0 bridgehead atoms.